The van der Waals surface area contributed by atoms with E-state index in [0.29, 0.717) is 18.7 Å². The van der Waals surface area contributed by atoms with Crippen LogP contribution in [0.2, 0.25) is 0 Å². The molecule has 1 amide bonds. The summed E-state index contributed by atoms with van der Waals surface area (Å²) in [6, 6.07) is 7.64. The Labute approximate surface area is 107 Å². The first-order chi connectivity index (χ1) is 8.70. The van der Waals surface area contributed by atoms with Crippen molar-refractivity contribution in [1.29, 1.82) is 0 Å². The molecule has 18 heavy (non-hydrogen) atoms. The van der Waals surface area contributed by atoms with E-state index in [-0.39, 0.29) is 17.9 Å². The van der Waals surface area contributed by atoms with Crippen molar-refractivity contribution in [2.24, 2.45) is 5.92 Å². The van der Waals surface area contributed by atoms with Crippen LogP contribution in [0.4, 0.5) is 0 Å². The first kappa shape index (κ1) is 13.1. The van der Waals surface area contributed by atoms with Gasteiger partial charge in [-0.2, -0.15) is 0 Å². The molecule has 4 nitrogen and oxygen atoms in total. The second-order valence-electron chi connectivity index (χ2n) is 4.75. The van der Waals surface area contributed by atoms with Gasteiger partial charge in [0.1, 0.15) is 0 Å². The predicted octanol–water partition coefficient (Wildman–Crippen LogP) is 0.559. The first-order valence-corrected chi connectivity index (χ1v) is 6.46. The Bertz CT molecular complexity index is 403. The van der Waals surface area contributed by atoms with E-state index in [4.69, 9.17) is 0 Å². The van der Waals surface area contributed by atoms with E-state index in [1.165, 1.54) is 5.56 Å². The third-order valence-electron chi connectivity index (χ3n) is 3.45. The second-order valence-corrected chi connectivity index (χ2v) is 4.75. The lowest BCUT2D eigenvalue weighted by molar-refractivity contribution is 0.0927. The van der Waals surface area contributed by atoms with E-state index in [1.807, 2.05) is 24.3 Å². The summed E-state index contributed by atoms with van der Waals surface area (Å²) in [4.78, 5) is 11.9. The van der Waals surface area contributed by atoms with E-state index >= 15 is 0 Å². The number of aliphatic hydroxyl groups is 1. The van der Waals surface area contributed by atoms with E-state index in [2.05, 4.69) is 17.6 Å². The molecule has 0 aliphatic carbocycles. The Hall–Kier alpha value is -1.39. The predicted molar refractivity (Wildman–Crippen MR) is 70.5 cm³/mol. The summed E-state index contributed by atoms with van der Waals surface area (Å²) < 4.78 is 0. The zero-order chi connectivity index (χ0) is 13.0. The summed E-state index contributed by atoms with van der Waals surface area (Å²) in [6.07, 6.45) is 0.620. The highest BCUT2D eigenvalue weighted by Crippen LogP contribution is 2.08. The summed E-state index contributed by atoms with van der Waals surface area (Å²) in [6.45, 7) is 3.98. The molecule has 0 aromatic heterocycles. The Balaban J connectivity index is 1.87. The quantitative estimate of drug-likeness (QED) is 0.729. The standard InChI is InChI=1S/C14H20N2O2/c1-2-10-3-5-11(6-4-10)14(18)16-8-12-7-15-9-13(12)17/h3-6,12-13,15,17H,2,7-9H2,1H3,(H,16,18). The van der Waals surface area contributed by atoms with Crippen LogP contribution in [0, 0.1) is 5.92 Å². The molecule has 1 aromatic rings. The smallest absolute Gasteiger partial charge is 0.251 e. The van der Waals surface area contributed by atoms with Crippen LogP contribution in [0.15, 0.2) is 24.3 Å². The van der Waals surface area contributed by atoms with Crippen molar-refractivity contribution in [3.63, 3.8) is 0 Å². The molecule has 1 aromatic carbocycles. The van der Waals surface area contributed by atoms with Gasteiger partial charge in [-0.05, 0) is 24.1 Å². The van der Waals surface area contributed by atoms with E-state index in [9.17, 15) is 9.90 Å². The number of carbonyl (C=O) groups excluding carboxylic acids is 1. The largest absolute Gasteiger partial charge is 0.391 e. The third-order valence-corrected chi connectivity index (χ3v) is 3.45. The van der Waals surface area contributed by atoms with Crippen LogP contribution in [0.1, 0.15) is 22.8 Å². The normalized spacial score (nSPS) is 23.0. The summed E-state index contributed by atoms with van der Waals surface area (Å²) in [7, 11) is 0. The van der Waals surface area contributed by atoms with Gasteiger partial charge in [-0.1, -0.05) is 19.1 Å². The van der Waals surface area contributed by atoms with Crippen LogP contribution >= 0.6 is 0 Å². The van der Waals surface area contributed by atoms with Crippen LogP contribution in [0.5, 0.6) is 0 Å². The molecule has 1 aliphatic heterocycles. The highest BCUT2D eigenvalue weighted by Gasteiger charge is 2.25. The van der Waals surface area contributed by atoms with Gasteiger partial charge >= 0.3 is 0 Å². The fourth-order valence-corrected chi connectivity index (χ4v) is 2.15. The zero-order valence-electron chi connectivity index (χ0n) is 10.6. The maximum absolute atomic E-state index is 11.9. The van der Waals surface area contributed by atoms with E-state index in [0.717, 1.165) is 13.0 Å². The van der Waals surface area contributed by atoms with Crippen LogP contribution in [-0.2, 0) is 6.42 Å². The van der Waals surface area contributed by atoms with Crippen molar-refractivity contribution in [2.75, 3.05) is 19.6 Å². The SMILES string of the molecule is CCc1ccc(C(=O)NCC2CNCC2O)cc1. The van der Waals surface area contributed by atoms with Gasteiger partial charge in [-0.3, -0.25) is 4.79 Å². The average molecular weight is 248 g/mol. The van der Waals surface area contributed by atoms with Crippen molar-refractivity contribution in [1.82, 2.24) is 10.6 Å². The minimum Gasteiger partial charge on any atom is -0.391 e. The molecule has 2 rings (SSSR count). The monoisotopic (exact) mass is 248 g/mol. The lowest BCUT2D eigenvalue weighted by Gasteiger charge is -2.14. The van der Waals surface area contributed by atoms with Crippen LogP contribution in [0.3, 0.4) is 0 Å². The molecule has 1 aliphatic rings. The van der Waals surface area contributed by atoms with Crippen LogP contribution in [0.25, 0.3) is 0 Å². The number of aryl methyl sites for hydroxylation is 1. The van der Waals surface area contributed by atoms with Gasteiger partial charge < -0.3 is 15.7 Å². The molecule has 1 heterocycles. The summed E-state index contributed by atoms with van der Waals surface area (Å²) >= 11 is 0. The number of hydrogen-bond donors (Lipinski definition) is 3. The molecular weight excluding hydrogens is 228 g/mol. The molecular formula is C14H20N2O2. The number of hydrogen-bond acceptors (Lipinski definition) is 3. The highest BCUT2D eigenvalue weighted by atomic mass is 16.3. The molecule has 98 valence electrons. The Morgan fingerprint density at radius 3 is 2.67 bits per heavy atom. The average Bonchev–Trinajstić information content (AvgIpc) is 2.81. The van der Waals surface area contributed by atoms with Crippen LogP contribution in [-0.4, -0.2) is 36.8 Å². The van der Waals surface area contributed by atoms with Crippen molar-refractivity contribution in [3.05, 3.63) is 35.4 Å². The first-order valence-electron chi connectivity index (χ1n) is 6.46. The number of aliphatic hydroxyl groups excluding tert-OH is 1. The van der Waals surface area contributed by atoms with Crippen LogP contribution < -0.4 is 10.6 Å². The van der Waals surface area contributed by atoms with Gasteiger partial charge in [-0.15, -0.1) is 0 Å². The molecule has 4 heteroatoms. The minimum atomic E-state index is -0.354. The van der Waals surface area contributed by atoms with Crippen molar-refractivity contribution >= 4 is 5.91 Å². The van der Waals surface area contributed by atoms with Gasteiger partial charge in [-0.25, -0.2) is 0 Å². The molecule has 2 unspecified atom stereocenters. The minimum absolute atomic E-state index is 0.0725. The van der Waals surface area contributed by atoms with Gasteiger partial charge in [0.05, 0.1) is 6.10 Å². The molecule has 1 saturated heterocycles. The molecule has 2 atom stereocenters. The van der Waals surface area contributed by atoms with Gasteiger partial charge in [0.25, 0.3) is 5.91 Å². The second kappa shape index (κ2) is 5.98. The van der Waals surface area contributed by atoms with Gasteiger partial charge in [0, 0.05) is 31.1 Å². The maximum Gasteiger partial charge on any atom is 0.251 e. The lowest BCUT2D eigenvalue weighted by Crippen LogP contribution is -2.34. The number of β-amino-alcohol motifs (C(OH)–C–C–N with tert-alkyl or cyclic N) is 1. The molecule has 0 spiro atoms. The number of nitrogens with one attached hydrogen (secondary N) is 2. The van der Waals surface area contributed by atoms with Crippen molar-refractivity contribution in [3.8, 4) is 0 Å². The molecule has 1 fully saturated rings. The number of rotatable bonds is 4. The number of carbonyl (C=O) groups is 1. The summed E-state index contributed by atoms with van der Waals surface area (Å²) in [5.74, 6) is 0.0422. The van der Waals surface area contributed by atoms with E-state index in [1.54, 1.807) is 0 Å². The number of amides is 1. The Kier molecular flexibility index (Phi) is 4.33. The Morgan fingerprint density at radius 1 is 1.39 bits per heavy atom. The molecule has 3 N–H and O–H groups in total. The zero-order valence-corrected chi connectivity index (χ0v) is 10.6. The Morgan fingerprint density at radius 2 is 2.11 bits per heavy atom. The van der Waals surface area contributed by atoms with Crippen molar-refractivity contribution < 1.29 is 9.90 Å². The van der Waals surface area contributed by atoms with Crippen molar-refractivity contribution in [2.45, 2.75) is 19.4 Å². The highest BCUT2D eigenvalue weighted by molar-refractivity contribution is 5.94. The molecule has 0 saturated carbocycles. The molecule has 0 bridgehead atoms. The molecule has 0 radical (unpaired) electrons. The van der Waals surface area contributed by atoms with Gasteiger partial charge in [0.15, 0.2) is 0 Å². The fourth-order valence-electron chi connectivity index (χ4n) is 2.15. The summed E-state index contributed by atoms with van der Waals surface area (Å²) in [5.41, 5.74) is 1.90. The lowest BCUT2D eigenvalue weighted by atomic mass is 10.1. The fraction of sp³-hybridized carbons (Fsp3) is 0.500. The maximum atomic E-state index is 11.9. The number of benzene rings is 1. The topological polar surface area (TPSA) is 61.4 Å². The van der Waals surface area contributed by atoms with Gasteiger partial charge in [0.2, 0.25) is 0 Å². The third kappa shape index (κ3) is 3.09. The summed E-state index contributed by atoms with van der Waals surface area (Å²) in [5, 5.41) is 15.6. The van der Waals surface area contributed by atoms with E-state index < -0.39 is 0 Å².